The highest BCUT2D eigenvalue weighted by Gasteiger charge is 2.41. The van der Waals surface area contributed by atoms with Crippen molar-refractivity contribution in [1.82, 2.24) is 40.3 Å². The minimum atomic E-state index is -1.32. The van der Waals surface area contributed by atoms with Crippen LogP contribution in [-0.2, 0) is 22.6 Å². The molecule has 1 aliphatic rings. The van der Waals surface area contributed by atoms with E-state index in [9.17, 15) is 29.4 Å². The van der Waals surface area contributed by atoms with Crippen molar-refractivity contribution in [2.75, 3.05) is 26.2 Å². The van der Waals surface area contributed by atoms with Crippen LogP contribution in [0.1, 0.15) is 79.6 Å². The Bertz CT molecular complexity index is 1720. The Morgan fingerprint density at radius 3 is 2.28 bits per heavy atom. The largest absolute Gasteiger partial charge is 0.465 e. The number of hydrogen-bond donors (Lipinski definition) is 5. The molecule has 5 N–H and O–H groups in total. The molecule has 0 aliphatic carbocycles. The van der Waals surface area contributed by atoms with E-state index >= 15 is 0 Å². The standard InChI is InChI=1S/C40H60N8O6/c1-9-27(2)33(48-22-21-45(38(48)54)26-32-41-24-29-17-13-14-19-47(29)32)35(50)42-30(23-28-15-11-10-12-16-28)31(49)25-46(20-18-39(3,4)5)44-36(51)34(40(6,7)8)43-37(52)53/h10-17,19,24,27,30-31,33-34,43,49H,9,18,20-23,25-26H2,1-8H3,(H,42,50)(H,44,51)(H,52,53)/t27-,30-,31-,33-,34+/m0/s1. The highest BCUT2D eigenvalue weighted by atomic mass is 16.4. The van der Waals surface area contributed by atoms with Crippen LogP contribution in [0.3, 0.4) is 0 Å². The van der Waals surface area contributed by atoms with Gasteiger partial charge in [0.05, 0.1) is 30.4 Å². The molecular formula is C40H60N8O6. The number of aromatic nitrogens is 2. The first-order chi connectivity index (χ1) is 25.4. The Kier molecular flexibility index (Phi) is 14.1. The van der Waals surface area contributed by atoms with Gasteiger partial charge in [0.15, 0.2) is 0 Å². The molecular weight excluding hydrogens is 688 g/mol. The summed E-state index contributed by atoms with van der Waals surface area (Å²) in [5.74, 6) is -0.372. The van der Waals surface area contributed by atoms with Crippen LogP contribution >= 0.6 is 0 Å². The summed E-state index contributed by atoms with van der Waals surface area (Å²) in [5.41, 5.74) is 3.84. The molecule has 1 aromatic carbocycles. The Balaban J connectivity index is 1.57. The van der Waals surface area contributed by atoms with Gasteiger partial charge in [0.2, 0.25) is 5.91 Å². The zero-order valence-electron chi connectivity index (χ0n) is 33.1. The smallest absolute Gasteiger partial charge is 0.405 e. The van der Waals surface area contributed by atoms with Gasteiger partial charge in [-0.2, -0.15) is 0 Å². The van der Waals surface area contributed by atoms with E-state index < -0.39 is 41.6 Å². The second kappa shape index (κ2) is 18.1. The number of hydrazine groups is 1. The van der Waals surface area contributed by atoms with Gasteiger partial charge in [-0.1, -0.05) is 98.2 Å². The summed E-state index contributed by atoms with van der Waals surface area (Å²) in [4.78, 5) is 61.4. The lowest BCUT2D eigenvalue weighted by atomic mass is 9.86. The van der Waals surface area contributed by atoms with E-state index in [-0.39, 0.29) is 29.8 Å². The third-order valence-corrected chi connectivity index (χ3v) is 10.1. The molecule has 4 rings (SSSR count). The number of nitrogens with one attached hydrogen (secondary N) is 3. The Hall–Kier alpha value is -4.69. The van der Waals surface area contributed by atoms with Gasteiger partial charge < -0.3 is 35.0 Å². The number of carbonyl (C=O) groups excluding carboxylic acids is 3. The summed E-state index contributed by atoms with van der Waals surface area (Å²) in [6.45, 7) is 16.9. The maximum absolute atomic E-state index is 14.4. The summed E-state index contributed by atoms with van der Waals surface area (Å²) >= 11 is 0. The van der Waals surface area contributed by atoms with E-state index in [4.69, 9.17) is 0 Å². The van der Waals surface area contributed by atoms with Crippen molar-refractivity contribution in [2.24, 2.45) is 16.7 Å². The van der Waals surface area contributed by atoms with Gasteiger partial charge in [0.1, 0.15) is 17.9 Å². The van der Waals surface area contributed by atoms with Gasteiger partial charge in [0.25, 0.3) is 5.91 Å². The molecule has 2 aromatic heterocycles. The maximum Gasteiger partial charge on any atom is 0.405 e. The van der Waals surface area contributed by atoms with Crippen molar-refractivity contribution in [1.29, 1.82) is 0 Å². The molecule has 296 valence electrons. The highest BCUT2D eigenvalue weighted by Crippen LogP contribution is 2.24. The Labute approximate surface area is 319 Å². The van der Waals surface area contributed by atoms with Crippen LogP contribution in [0.15, 0.2) is 60.9 Å². The van der Waals surface area contributed by atoms with Crippen molar-refractivity contribution >= 4 is 29.5 Å². The van der Waals surface area contributed by atoms with Crippen molar-refractivity contribution < 1.29 is 29.4 Å². The average Bonchev–Trinajstić information content (AvgIpc) is 3.68. The molecule has 0 radical (unpaired) electrons. The number of fused-ring (bicyclic) bond motifs is 1. The number of aliphatic hydroxyl groups is 1. The van der Waals surface area contributed by atoms with Gasteiger partial charge in [-0.15, -0.1) is 0 Å². The number of carboxylic acid groups (broad SMARTS) is 1. The normalized spacial score (nSPS) is 16.6. The van der Waals surface area contributed by atoms with E-state index in [0.29, 0.717) is 45.4 Å². The minimum Gasteiger partial charge on any atom is -0.465 e. The van der Waals surface area contributed by atoms with Crippen LogP contribution in [0.4, 0.5) is 9.59 Å². The number of aliphatic hydroxyl groups excluding tert-OH is 1. The number of urea groups is 1. The fourth-order valence-electron chi connectivity index (χ4n) is 6.68. The van der Waals surface area contributed by atoms with Crippen LogP contribution in [0.25, 0.3) is 5.52 Å². The van der Waals surface area contributed by atoms with E-state index in [0.717, 1.165) is 16.9 Å². The number of nitrogens with zero attached hydrogens (tertiary/aromatic N) is 5. The number of pyridine rings is 1. The maximum atomic E-state index is 14.4. The van der Waals surface area contributed by atoms with E-state index in [2.05, 4.69) is 41.8 Å². The number of amides is 5. The predicted octanol–water partition coefficient (Wildman–Crippen LogP) is 4.53. The lowest BCUT2D eigenvalue weighted by molar-refractivity contribution is -0.132. The quantitative estimate of drug-likeness (QED) is 0.125. The molecule has 0 saturated carbocycles. The van der Waals surface area contributed by atoms with Crippen molar-refractivity contribution in [2.45, 2.75) is 105 Å². The molecule has 14 nitrogen and oxygen atoms in total. The molecule has 14 heteroatoms. The SMILES string of the molecule is CC[C@H](C)[C@@H](C(=O)N[C@@H](Cc1ccccc1)[C@@H](O)CN(CCC(C)(C)C)NC(=O)[C@@H](NC(=O)O)C(C)(C)C)N1CCN(Cc2ncc3ccccn23)C1=O. The molecule has 3 aromatic rings. The number of benzene rings is 1. The molecule has 3 heterocycles. The molecule has 5 atom stereocenters. The van der Waals surface area contributed by atoms with Crippen molar-refractivity contribution in [3.8, 4) is 0 Å². The lowest BCUT2D eigenvalue weighted by Crippen LogP contribution is -2.60. The van der Waals surface area contributed by atoms with E-state index in [1.165, 1.54) is 0 Å². The molecule has 1 fully saturated rings. The molecule has 0 spiro atoms. The lowest BCUT2D eigenvalue weighted by Gasteiger charge is -2.36. The fourth-order valence-corrected chi connectivity index (χ4v) is 6.68. The number of imidazole rings is 1. The molecule has 0 unspecified atom stereocenters. The van der Waals surface area contributed by atoms with Crippen LogP contribution in [0, 0.1) is 16.7 Å². The van der Waals surface area contributed by atoms with Gasteiger partial charge in [-0.05, 0) is 47.3 Å². The molecule has 0 bridgehead atoms. The molecule has 54 heavy (non-hydrogen) atoms. The van der Waals surface area contributed by atoms with Crippen LogP contribution in [-0.4, -0.2) is 109 Å². The third-order valence-electron chi connectivity index (χ3n) is 10.1. The summed E-state index contributed by atoms with van der Waals surface area (Å²) in [6, 6.07) is 12.4. The first kappa shape index (κ1) is 42.1. The zero-order chi connectivity index (χ0) is 39.8. The summed E-state index contributed by atoms with van der Waals surface area (Å²) < 4.78 is 1.95. The highest BCUT2D eigenvalue weighted by molar-refractivity contribution is 5.88. The summed E-state index contributed by atoms with van der Waals surface area (Å²) in [5, 5.41) is 28.5. The summed E-state index contributed by atoms with van der Waals surface area (Å²) in [7, 11) is 0. The minimum absolute atomic E-state index is 0.0494. The zero-order valence-corrected chi connectivity index (χ0v) is 33.1. The second-order valence-corrected chi connectivity index (χ2v) is 16.8. The Morgan fingerprint density at radius 1 is 0.963 bits per heavy atom. The topological polar surface area (TPSA) is 172 Å². The first-order valence-corrected chi connectivity index (χ1v) is 18.9. The summed E-state index contributed by atoms with van der Waals surface area (Å²) in [6.07, 6.45) is 2.79. The van der Waals surface area contributed by atoms with Crippen LogP contribution < -0.4 is 16.1 Å². The first-order valence-electron chi connectivity index (χ1n) is 18.9. The molecule has 5 amide bonds. The monoisotopic (exact) mass is 748 g/mol. The third kappa shape index (κ3) is 11.4. The van der Waals surface area contributed by atoms with Gasteiger partial charge in [-0.3, -0.25) is 15.0 Å². The van der Waals surface area contributed by atoms with Crippen LogP contribution in [0.5, 0.6) is 0 Å². The van der Waals surface area contributed by atoms with Gasteiger partial charge >= 0.3 is 12.1 Å². The molecule has 1 aliphatic heterocycles. The fraction of sp³-hybridized carbons (Fsp3) is 0.575. The predicted molar refractivity (Wildman–Crippen MR) is 207 cm³/mol. The van der Waals surface area contributed by atoms with Gasteiger partial charge in [0, 0.05) is 32.4 Å². The van der Waals surface area contributed by atoms with E-state index in [1.807, 2.05) is 73.0 Å². The second-order valence-electron chi connectivity index (χ2n) is 16.8. The molecule has 1 saturated heterocycles. The van der Waals surface area contributed by atoms with Gasteiger partial charge in [-0.25, -0.2) is 19.6 Å². The van der Waals surface area contributed by atoms with E-state index in [1.54, 1.807) is 41.8 Å². The average molecular weight is 749 g/mol. The van der Waals surface area contributed by atoms with Crippen LogP contribution in [0.2, 0.25) is 0 Å². The Morgan fingerprint density at radius 2 is 1.65 bits per heavy atom. The van der Waals surface area contributed by atoms with Crippen molar-refractivity contribution in [3.63, 3.8) is 0 Å². The van der Waals surface area contributed by atoms with Crippen molar-refractivity contribution in [3.05, 3.63) is 72.3 Å². The number of rotatable bonds is 17. The number of hydrogen-bond acceptors (Lipinski definition) is 7. The number of carbonyl (C=O) groups is 4.